The number of carbonyl (C=O) groups excluding carboxylic acids is 1. The van der Waals surface area contributed by atoms with Crippen LogP contribution >= 0.6 is 0 Å². The molecule has 0 spiro atoms. The first-order valence-electron chi connectivity index (χ1n) is 6.93. The fourth-order valence-corrected chi connectivity index (χ4v) is 2.41. The summed E-state index contributed by atoms with van der Waals surface area (Å²) in [6.07, 6.45) is 1.89. The van der Waals surface area contributed by atoms with E-state index in [-0.39, 0.29) is 11.2 Å². The molecular weight excluding hydrogens is 272 g/mol. The summed E-state index contributed by atoms with van der Waals surface area (Å²) in [5, 5.41) is 14.5. The number of carboxylic acids is 1. The molecule has 1 heterocycles. The summed E-state index contributed by atoms with van der Waals surface area (Å²) >= 11 is 0. The SMILES string of the molecule is Cc1cccc(C(=O)O)c1NC(=O)NCC1(C)CCCO1. The smallest absolute Gasteiger partial charge is 0.337 e. The normalized spacial score (nSPS) is 21.0. The Morgan fingerprint density at radius 3 is 2.81 bits per heavy atom. The van der Waals surface area contributed by atoms with Gasteiger partial charge in [-0.05, 0) is 38.3 Å². The van der Waals surface area contributed by atoms with Crippen molar-refractivity contribution < 1.29 is 19.4 Å². The second-order valence-corrected chi connectivity index (χ2v) is 5.51. The number of aryl methyl sites for hydroxylation is 1. The number of carboxylic acid groups (broad SMARTS) is 1. The topological polar surface area (TPSA) is 87.7 Å². The Morgan fingerprint density at radius 2 is 2.19 bits per heavy atom. The van der Waals surface area contributed by atoms with Gasteiger partial charge in [0.25, 0.3) is 0 Å². The number of ether oxygens (including phenoxy) is 1. The molecule has 6 heteroatoms. The maximum absolute atomic E-state index is 12.0. The van der Waals surface area contributed by atoms with E-state index < -0.39 is 12.0 Å². The van der Waals surface area contributed by atoms with Crippen LogP contribution in [0.5, 0.6) is 0 Å². The number of hydrogen-bond donors (Lipinski definition) is 3. The molecule has 1 aromatic carbocycles. The lowest BCUT2D eigenvalue weighted by Gasteiger charge is -2.23. The van der Waals surface area contributed by atoms with Gasteiger partial charge in [0.15, 0.2) is 0 Å². The van der Waals surface area contributed by atoms with Crippen LogP contribution in [0.15, 0.2) is 18.2 Å². The maximum Gasteiger partial charge on any atom is 0.337 e. The van der Waals surface area contributed by atoms with Gasteiger partial charge in [-0.3, -0.25) is 0 Å². The van der Waals surface area contributed by atoms with Gasteiger partial charge in [0.05, 0.1) is 16.9 Å². The lowest BCUT2D eigenvalue weighted by molar-refractivity contribution is 0.0232. The maximum atomic E-state index is 12.0. The van der Waals surface area contributed by atoms with E-state index in [1.807, 2.05) is 6.92 Å². The van der Waals surface area contributed by atoms with E-state index >= 15 is 0 Å². The zero-order chi connectivity index (χ0) is 15.5. The fraction of sp³-hybridized carbons (Fsp3) is 0.467. The molecule has 1 aliphatic heterocycles. The zero-order valence-corrected chi connectivity index (χ0v) is 12.2. The van der Waals surface area contributed by atoms with E-state index in [9.17, 15) is 9.59 Å². The third kappa shape index (κ3) is 3.72. The number of rotatable bonds is 4. The molecule has 0 saturated carbocycles. The average molecular weight is 292 g/mol. The summed E-state index contributed by atoms with van der Waals surface area (Å²) < 4.78 is 5.59. The summed E-state index contributed by atoms with van der Waals surface area (Å²) in [6.45, 7) is 4.81. The summed E-state index contributed by atoms with van der Waals surface area (Å²) in [5.74, 6) is -1.07. The number of hydrogen-bond acceptors (Lipinski definition) is 3. The van der Waals surface area contributed by atoms with Gasteiger partial charge in [-0.1, -0.05) is 12.1 Å². The van der Waals surface area contributed by atoms with Crippen LogP contribution in [0, 0.1) is 6.92 Å². The zero-order valence-electron chi connectivity index (χ0n) is 12.2. The predicted octanol–water partition coefficient (Wildman–Crippen LogP) is 2.38. The Kier molecular flexibility index (Phi) is 4.47. The van der Waals surface area contributed by atoms with Crippen LogP contribution in [0.1, 0.15) is 35.7 Å². The molecule has 0 aliphatic carbocycles. The highest BCUT2D eigenvalue weighted by Gasteiger charge is 2.30. The molecule has 2 amide bonds. The van der Waals surface area contributed by atoms with Crippen LogP contribution < -0.4 is 10.6 Å². The molecule has 0 aromatic heterocycles. The minimum absolute atomic E-state index is 0.0773. The van der Waals surface area contributed by atoms with Gasteiger partial charge in [0, 0.05) is 13.2 Å². The Morgan fingerprint density at radius 1 is 1.43 bits per heavy atom. The minimum atomic E-state index is -1.07. The second-order valence-electron chi connectivity index (χ2n) is 5.51. The molecule has 2 rings (SSSR count). The number of amides is 2. The van der Waals surface area contributed by atoms with Crippen LogP contribution in [0.4, 0.5) is 10.5 Å². The molecule has 1 atom stereocenters. The van der Waals surface area contributed by atoms with E-state index in [4.69, 9.17) is 9.84 Å². The Balaban J connectivity index is 2.01. The number of anilines is 1. The average Bonchev–Trinajstić information content (AvgIpc) is 2.86. The van der Waals surface area contributed by atoms with Crippen molar-refractivity contribution >= 4 is 17.7 Å². The largest absolute Gasteiger partial charge is 0.478 e. The minimum Gasteiger partial charge on any atom is -0.478 e. The summed E-state index contributed by atoms with van der Waals surface area (Å²) in [6, 6.07) is 4.44. The summed E-state index contributed by atoms with van der Waals surface area (Å²) in [5.41, 5.74) is 0.764. The molecule has 1 aromatic rings. The van der Waals surface area contributed by atoms with E-state index in [1.165, 1.54) is 6.07 Å². The van der Waals surface area contributed by atoms with Crippen molar-refractivity contribution in [3.05, 3.63) is 29.3 Å². The van der Waals surface area contributed by atoms with E-state index in [0.717, 1.165) is 12.8 Å². The van der Waals surface area contributed by atoms with Gasteiger partial charge in [-0.15, -0.1) is 0 Å². The lowest BCUT2D eigenvalue weighted by atomic mass is 10.0. The Hall–Kier alpha value is -2.08. The third-order valence-corrected chi connectivity index (χ3v) is 3.67. The first-order chi connectivity index (χ1) is 9.91. The van der Waals surface area contributed by atoms with Crippen molar-refractivity contribution in [1.82, 2.24) is 5.32 Å². The van der Waals surface area contributed by atoms with Crippen molar-refractivity contribution in [3.63, 3.8) is 0 Å². The molecule has 1 fully saturated rings. The lowest BCUT2D eigenvalue weighted by Crippen LogP contribution is -2.42. The van der Waals surface area contributed by atoms with Crippen molar-refractivity contribution in [2.45, 2.75) is 32.3 Å². The summed E-state index contributed by atoms with van der Waals surface area (Å²) in [7, 11) is 0. The number of nitrogens with one attached hydrogen (secondary N) is 2. The standard InChI is InChI=1S/C15H20N2O4/c1-10-5-3-6-11(13(18)19)12(10)17-14(20)16-9-15(2)7-4-8-21-15/h3,5-6H,4,7-9H2,1-2H3,(H,18,19)(H2,16,17,20). The highest BCUT2D eigenvalue weighted by Crippen LogP contribution is 2.24. The van der Waals surface area contributed by atoms with Crippen LogP contribution in [-0.4, -0.2) is 35.9 Å². The molecule has 0 bridgehead atoms. The van der Waals surface area contributed by atoms with Gasteiger partial charge in [-0.2, -0.15) is 0 Å². The molecule has 3 N–H and O–H groups in total. The van der Waals surface area contributed by atoms with Gasteiger partial charge in [0.2, 0.25) is 0 Å². The molecule has 0 radical (unpaired) electrons. The molecule has 114 valence electrons. The molecule has 6 nitrogen and oxygen atoms in total. The molecule has 21 heavy (non-hydrogen) atoms. The van der Waals surface area contributed by atoms with Gasteiger partial charge >= 0.3 is 12.0 Å². The monoisotopic (exact) mass is 292 g/mol. The quantitative estimate of drug-likeness (QED) is 0.795. The predicted molar refractivity (Wildman–Crippen MR) is 78.8 cm³/mol. The van der Waals surface area contributed by atoms with Crippen molar-refractivity contribution in [1.29, 1.82) is 0 Å². The highest BCUT2D eigenvalue weighted by molar-refractivity contribution is 6.00. The number of para-hydroxylation sites is 1. The number of carbonyl (C=O) groups is 2. The first-order valence-corrected chi connectivity index (χ1v) is 6.93. The molecule has 1 saturated heterocycles. The highest BCUT2D eigenvalue weighted by atomic mass is 16.5. The van der Waals surface area contributed by atoms with Crippen LogP contribution in [0.25, 0.3) is 0 Å². The van der Waals surface area contributed by atoms with E-state index in [1.54, 1.807) is 19.1 Å². The van der Waals surface area contributed by atoms with Gasteiger partial charge in [-0.25, -0.2) is 9.59 Å². The van der Waals surface area contributed by atoms with E-state index in [0.29, 0.717) is 24.4 Å². The fourth-order valence-electron chi connectivity index (χ4n) is 2.41. The van der Waals surface area contributed by atoms with Gasteiger partial charge in [0.1, 0.15) is 0 Å². The molecule has 1 aliphatic rings. The first kappa shape index (κ1) is 15.3. The van der Waals surface area contributed by atoms with Crippen LogP contribution in [0.3, 0.4) is 0 Å². The Bertz CT molecular complexity index is 551. The second kappa shape index (κ2) is 6.13. The van der Waals surface area contributed by atoms with E-state index in [2.05, 4.69) is 10.6 Å². The van der Waals surface area contributed by atoms with Crippen molar-refractivity contribution in [3.8, 4) is 0 Å². The number of aromatic carboxylic acids is 1. The van der Waals surface area contributed by atoms with Crippen molar-refractivity contribution in [2.24, 2.45) is 0 Å². The number of urea groups is 1. The Labute approximate surface area is 123 Å². The summed E-state index contributed by atoms with van der Waals surface area (Å²) in [4.78, 5) is 23.1. The van der Waals surface area contributed by atoms with Gasteiger partial charge < -0.3 is 20.5 Å². The number of benzene rings is 1. The van der Waals surface area contributed by atoms with Crippen molar-refractivity contribution in [2.75, 3.05) is 18.5 Å². The van der Waals surface area contributed by atoms with Crippen LogP contribution in [-0.2, 0) is 4.74 Å². The molecule has 1 unspecified atom stereocenters. The third-order valence-electron chi connectivity index (χ3n) is 3.67. The van der Waals surface area contributed by atoms with Crippen LogP contribution in [0.2, 0.25) is 0 Å². The molecular formula is C15H20N2O4.